The summed E-state index contributed by atoms with van der Waals surface area (Å²) in [5.41, 5.74) is -0.414. The van der Waals surface area contributed by atoms with E-state index in [-0.39, 0.29) is 6.04 Å². The minimum Gasteiger partial charge on any atom is -0.389 e. The molecule has 0 bridgehead atoms. The van der Waals surface area contributed by atoms with Crippen molar-refractivity contribution < 1.29 is 13.9 Å². The SMILES string of the molecule is CC1CCC(O)(CNC(C)c2cc(F)ccc2F)CC1. The molecule has 0 spiro atoms. The molecule has 20 heavy (non-hydrogen) atoms. The van der Waals surface area contributed by atoms with Crippen molar-refractivity contribution in [2.24, 2.45) is 5.92 Å². The topological polar surface area (TPSA) is 32.3 Å². The van der Waals surface area contributed by atoms with Crippen molar-refractivity contribution in [3.63, 3.8) is 0 Å². The summed E-state index contributed by atoms with van der Waals surface area (Å²) < 4.78 is 26.8. The molecule has 1 fully saturated rings. The molecule has 1 aromatic carbocycles. The Balaban J connectivity index is 1.95. The number of benzene rings is 1. The van der Waals surface area contributed by atoms with E-state index in [1.165, 1.54) is 6.07 Å². The number of hydrogen-bond acceptors (Lipinski definition) is 2. The molecule has 0 aliphatic heterocycles. The molecule has 112 valence electrons. The highest BCUT2D eigenvalue weighted by Crippen LogP contribution is 2.31. The number of hydrogen-bond donors (Lipinski definition) is 2. The molecule has 1 aromatic rings. The molecule has 1 aliphatic rings. The normalized spacial score (nSPS) is 28.4. The second kappa shape index (κ2) is 6.19. The maximum Gasteiger partial charge on any atom is 0.128 e. The maximum absolute atomic E-state index is 13.7. The van der Waals surface area contributed by atoms with Crippen LogP contribution in [0.4, 0.5) is 8.78 Å². The van der Waals surface area contributed by atoms with Gasteiger partial charge >= 0.3 is 0 Å². The molecule has 0 amide bonds. The molecule has 1 atom stereocenters. The van der Waals surface area contributed by atoms with Crippen LogP contribution >= 0.6 is 0 Å². The van der Waals surface area contributed by atoms with Gasteiger partial charge in [0, 0.05) is 18.2 Å². The minimum atomic E-state index is -0.718. The van der Waals surface area contributed by atoms with Gasteiger partial charge in [0.1, 0.15) is 11.6 Å². The van der Waals surface area contributed by atoms with E-state index in [0.29, 0.717) is 18.0 Å². The van der Waals surface area contributed by atoms with Crippen LogP contribution in [-0.2, 0) is 0 Å². The standard InChI is InChI=1S/C16H23F2NO/c1-11-5-7-16(20,8-6-11)10-19-12(2)14-9-13(17)3-4-15(14)18/h3-4,9,11-12,19-20H,5-8,10H2,1-2H3. The molecular weight excluding hydrogens is 260 g/mol. The van der Waals surface area contributed by atoms with Crippen molar-refractivity contribution in [2.75, 3.05) is 6.54 Å². The number of nitrogens with one attached hydrogen (secondary N) is 1. The van der Waals surface area contributed by atoms with Crippen molar-refractivity contribution in [3.8, 4) is 0 Å². The Hall–Kier alpha value is -1.00. The zero-order valence-electron chi connectivity index (χ0n) is 12.1. The average Bonchev–Trinajstić information content (AvgIpc) is 2.43. The van der Waals surface area contributed by atoms with E-state index in [1.807, 2.05) is 0 Å². The van der Waals surface area contributed by atoms with Crippen LogP contribution in [0.25, 0.3) is 0 Å². The van der Waals surface area contributed by atoms with E-state index in [4.69, 9.17) is 0 Å². The van der Waals surface area contributed by atoms with Gasteiger partial charge in [-0.15, -0.1) is 0 Å². The van der Waals surface area contributed by atoms with E-state index < -0.39 is 17.2 Å². The molecule has 2 nitrogen and oxygen atoms in total. The molecule has 0 aromatic heterocycles. The smallest absolute Gasteiger partial charge is 0.128 e. The van der Waals surface area contributed by atoms with Crippen molar-refractivity contribution in [1.82, 2.24) is 5.32 Å². The van der Waals surface area contributed by atoms with Crippen molar-refractivity contribution in [3.05, 3.63) is 35.4 Å². The first-order chi connectivity index (χ1) is 9.39. The van der Waals surface area contributed by atoms with Gasteiger partial charge in [-0.25, -0.2) is 8.78 Å². The lowest BCUT2D eigenvalue weighted by Crippen LogP contribution is -2.44. The third kappa shape index (κ3) is 3.76. The Morgan fingerprint density at radius 2 is 2.00 bits per heavy atom. The second-order valence-electron chi connectivity index (χ2n) is 6.18. The highest BCUT2D eigenvalue weighted by Gasteiger charge is 2.32. The van der Waals surface area contributed by atoms with E-state index in [1.54, 1.807) is 6.92 Å². The zero-order chi connectivity index (χ0) is 14.8. The van der Waals surface area contributed by atoms with Crippen molar-refractivity contribution in [2.45, 2.75) is 51.2 Å². The Labute approximate surface area is 119 Å². The molecule has 1 aliphatic carbocycles. The van der Waals surface area contributed by atoms with Crippen LogP contribution in [0.3, 0.4) is 0 Å². The van der Waals surface area contributed by atoms with Gasteiger partial charge in [0.05, 0.1) is 5.60 Å². The summed E-state index contributed by atoms with van der Waals surface area (Å²) >= 11 is 0. The van der Waals surface area contributed by atoms with Crippen LogP contribution in [0.15, 0.2) is 18.2 Å². The molecule has 1 saturated carbocycles. The zero-order valence-corrected chi connectivity index (χ0v) is 12.1. The number of rotatable bonds is 4. The Bertz CT molecular complexity index is 456. The van der Waals surface area contributed by atoms with E-state index in [2.05, 4.69) is 12.2 Å². The second-order valence-corrected chi connectivity index (χ2v) is 6.18. The van der Waals surface area contributed by atoms with Crippen LogP contribution < -0.4 is 5.32 Å². The van der Waals surface area contributed by atoms with Crippen LogP contribution in [0.5, 0.6) is 0 Å². The molecule has 1 unspecified atom stereocenters. The van der Waals surface area contributed by atoms with E-state index >= 15 is 0 Å². The highest BCUT2D eigenvalue weighted by atomic mass is 19.1. The fourth-order valence-corrected chi connectivity index (χ4v) is 2.78. The molecule has 0 saturated heterocycles. The molecule has 2 N–H and O–H groups in total. The van der Waals surface area contributed by atoms with Gasteiger partial charge in [-0.1, -0.05) is 6.92 Å². The van der Waals surface area contributed by atoms with Crippen LogP contribution in [0.1, 0.15) is 51.1 Å². The highest BCUT2D eigenvalue weighted by molar-refractivity contribution is 5.21. The summed E-state index contributed by atoms with van der Waals surface area (Å²) in [6.45, 7) is 4.39. The summed E-state index contributed by atoms with van der Waals surface area (Å²) in [6.07, 6.45) is 3.56. The molecule has 4 heteroatoms. The molecule has 0 heterocycles. The maximum atomic E-state index is 13.7. The Morgan fingerprint density at radius 3 is 2.65 bits per heavy atom. The predicted octanol–water partition coefficient (Wildman–Crippen LogP) is 3.56. The summed E-state index contributed by atoms with van der Waals surface area (Å²) in [5, 5.41) is 13.6. The monoisotopic (exact) mass is 283 g/mol. The van der Waals surface area contributed by atoms with Gasteiger partial charge in [0.2, 0.25) is 0 Å². The first-order valence-electron chi connectivity index (χ1n) is 7.30. The van der Waals surface area contributed by atoms with E-state index in [9.17, 15) is 13.9 Å². The van der Waals surface area contributed by atoms with Crippen LogP contribution in [0, 0.1) is 17.6 Å². The van der Waals surface area contributed by atoms with E-state index in [0.717, 1.165) is 37.8 Å². The van der Waals surface area contributed by atoms with Crippen molar-refractivity contribution >= 4 is 0 Å². The van der Waals surface area contributed by atoms with Crippen LogP contribution in [0.2, 0.25) is 0 Å². The quantitative estimate of drug-likeness (QED) is 0.885. The fourth-order valence-electron chi connectivity index (χ4n) is 2.78. The fraction of sp³-hybridized carbons (Fsp3) is 0.625. The molecule has 2 rings (SSSR count). The lowest BCUT2D eigenvalue weighted by atomic mass is 9.79. The lowest BCUT2D eigenvalue weighted by Gasteiger charge is -2.36. The molecule has 0 radical (unpaired) electrons. The van der Waals surface area contributed by atoms with Crippen molar-refractivity contribution in [1.29, 1.82) is 0 Å². The van der Waals surface area contributed by atoms with Gasteiger partial charge < -0.3 is 10.4 Å². The number of aliphatic hydroxyl groups is 1. The first-order valence-corrected chi connectivity index (χ1v) is 7.30. The summed E-state index contributed by atoms with van der Waals surface area (Å²) in [4.78, 5) is 0. The minimum absolute atomic E-state index is 0.303. The summed E-state index contributed by atoms with van der Waals surface area (Å²) in [7, 11) is 0. The van der Waals surface area contributed by atoms with Crippen LogP contribution in [-0.4, -0.2) is 17.3 Å². The van der Waals surface area contributed by atoms with Gasteiger partial charge in [-0.3, -0.25) is 0 Å². The van der Waals surface area contributed by atoms with Gasteiger partial charge in [0.25, 0.3) is 0 Å². The Kier molecular flexibility index (Phi) is 4.76. The summed E-state index contributed by atoms with van der Waals surface area (Å²) in [5.74, 6) is -0.204. The predicted molar refractivity (Wildman–Crippen MR) is 75.4 cm³/mol. The lowest BCUT2D eigenvalue weighted by molar-refractivity contribution is -0.00791. The average molecular weight is 283 g/mol. The third-order valence-corrected chi connectivity index (χ3v) is 4.37. The van der Waals surface area contributed by atoms with Gasteiger partial charge in [-0.2, -0.15) is 0 Å². The number of halogens is 2. The largest absolute Gasteiger partial charge is 0.389 e. The molecular formula is C16H23F2NO. The third-order valence-electron chi connectivity index (χ3n) is 4.37. The first kappa shape index (κ1) is 15.4. The van der Waals surface area contributed by atoms with Gasteiger partial charge in [0.15, 0.2) is 0 Å². The Morgan fingerprint density at radius 1 is 1.35 bits per heavy atom. The summed E-state index contributed by atoms with van der Waals surface area (Å²) in [6, 6.07) is 3.13. The van der Waals surface area contributed by atoms with Gasteiger partial charge in [-0.05, 0) is 56.7 Å².